The fraction of sp³-hybridized carbons (Fsp3) is 0.300. The zero-order valence-corrected chi connectivity index (χ0v) is 13.7. The molecule has 4 nitrogen and oxygen atoms in total. The Hall–Kier alpha value is -2.62. The Morgan fingerprint density at radius 2 is 1.75 bits per heavy atom. The molecule has 0 unspecified atom stereocenters. The lowest BCUT2D eigenvalue weighted by molar-refractivity contribution is -0.121. The van der Waals surface area contributed by atoms with Gasteiger partial charge in [-0.25, -0.2) is 0 Å². The molecule has 2 aromatic carbocycles. The molecule has 1 aliphatic rings. The Labute approximate surface area is 142 Å². The minimum absolute atomic E-state index is 0.0534. The van der Waals surface area contributed by atoms with Gasteiger partial charge in [0.05, 0.1) is 0 Å². The van der Waals surface area contributed by atoms with Crippen LogP contribution in [0.3, 0.4) is 0 Å². The number of nitrogens with zero attached hydrogens (tertiary/aromatic N) is 1. The van der Waals surface area contributed by atoms with Crippen molar-refractivity contribution in [3.8, 4) is 0 Å². The van der Waals surface area contributed by atoms with Gasteiger partial charge in [0.15, 0.2) is 0 Å². The van der Waals surface area contributed by atoms with E-state index in [-0.39, 0.29) is 11.8 Å². The van der Waals surface area contributed by atoms with E-state index in [9.17, 15) is 9.59 Å². The van der Waals surface area contributed by atoms with Gasteiger partial charge < -0.3 is 10.2 Å². The molecule has 0 aromatic heterocycles. The highest BCUT2D eigenvalue weighted by Crippen LogP contribution is 2.21. The van der Waals surface area contributed by atoms with Crippen molar-refractivity contribution in [1.29, 1.82) is 0 Å². The zero-order valence-electron chi connectivity index (χ0n) is 13.7. The van der Waals surface area contributed by atoms with E-state index < -0.39 is 0 Å². The van der Waals surface area contributed by atoms with Crippen molar-refractivity contribution in [3.63, 3.8) is 0 Å². The van der Waals surface area contributed by atoms with Crippen LogP contribution in [-0.4, -0.2) is 18.4 Å². The molecule has 3 rings (SSSR count). The molecule has 2 aromatic rings. The third-order valence-electron chi connectivity index (χ3n) is 4.29. The summed E-state index contributed by atoms with van der Waals surface area (Å²) in [5.41, 5.74) is 3.15. The molecule has 4 heteroatoms. The Bertz CT molecular complexity index is 695. The summed E-state index contributed by atoms with van der Waals surface area (Å²) in [5.74, 6) is 0.245. The van der Waals surface area contributed by atoms with Crippen LogP contribution in [0, 0.1) is 0 Å². The van der Waals surface area contributed by atoms with Crippen LogP contribution in [-0.2, 0) is 22.6 Å². The van der Waals surface area contributed by atoms with Gasteiger partial charge in [0, 0.05) is 31.6 Å². The first-order valence-electron chi connectivity index (χ1n) is 8.42. The monoisotopic (exact) mass is 322 g/mol. The molecule has 124 valence electrons. The number of nitrogens with one attached hydrogen (secondary N) is 1. The number of hydrogen-bond acceptors (Lipinski definition) is 2. The van der Waals surface area contributed by atoms with E-state index in [1.807, 2.05) is 59.5 Å². The lowest BCUT2D eigenvalue weighted by atomic mass is 10.1. The average Bonchev–Trinajstić information content (AvgIpc) is 3.05. The number of hydrogen-bond donors (Lipinski definition) is 1. The van der Waals surface area contributed by atoms with Gasteiger partial charge >= 0.3 is 0 Å². The van der Waals surface area contributed by atoms with Gasteiger partial charge in [-0.05, 0) is 36.1 Å². The fourth-order valence-electron chi connectivity index (χ4n) is 2.91. The molecule has 1 aliphatic heterocycles. The quantitative estimate of drug-likeness (QED) is 0.888. The van der Waals surface area contributed by atoms with Crippen LogP contribution in [0.2, 0.25) is 0 Å². The van der Waals surface area contributed by atoms with E-state index in [0.717, 1.165) is 30.6 Å². The summed E-state index contributed by atoms with van der Waals surface area (Å²) in [7, 11) is 0. The molecule has 2 amide bonds. The predicted molar refractivity (Wildman–Crippen MR) is 94.6 cm³/mol. The minimum Gasteiger partial charge on any atom is -0.352 e. The summed E-state index contributed by atoms with van der Waals surface area (Å²) in [6.45, 7) is 1.32. The maximum atomic E-state index is 11.9. The third kappa shape index (κ3) is 4.22. The predicted octanol–water partition coefficient (Wildman–Crippen LogP) is 3.06. The van der Waals surface area contributed by atoms with Crippen LogP contribution in [0.1, 0.15) is 30.4 Å². The molecular formula is C20H22N2O2. The van der Waals surface area contributed by atoms with Crippen LogP contribution < -0.4 is 10.2 Å². The number of carbonyl (C=O) groups is 2. The highest BCUT2D eigenvalue weighted by atomic mass is 16.2. The van der Waals surface area contributed by atoms with E-state index in [2.05, 4.69) is 5.32 Å². The van der Waals surface area contributed by atoms with Gasteiger partial charge in [-0.2, -0.15) is 0 Å². The second kappa shape index (κ2) is 7.77. The Morgan fingerprint density at radius 1 is 1.00 bits per heavy atom. The van der Waals surface area contributed by atoms with Crippen molar-refractivity contribution in [2.45, 2.75) is 32.2 Å². The molecule has 1 heterocycles. The molecule has 0 spiro atoms. The fourth-order valence-corrected chi connectivity index (χ4v) is 2.91. The summed E-state index contributed by atoms with van der Waals surface area (Å²) in [5, 5.41) is 2.95. The van der Waals surface area contributed by atoms with Crippen molar-refractivity contribution < 1.29 is 9.59 Å². The van der Waals surface area contributed by atoms with E-state index in [1.165, 1.54) is 5.56 Å². The van der Waals surface area contributed by atoms with E-state index in [1.54, 1.807) is 0 Å². The Balaban J connectivity index is 1.46. The number of benzene rings is 2. The second-order valence-corrected chi connectivity index (χ2v) is 6.08. The zero-order chi connectivity index (χ0) is 16.8. The summed E-state index contributed by atoms with van der Waals surface area (Å²) in [6, 6.07) is 17.9. The van der Waals surface area contributed by atoms with Crippen LogP contribution in [0.4, 0.5) is 5.69 Å². The largest absolute Gasteiger partial charge is 0.352 e. The molecular weight excluding hydrogens is 300 g/mol. The van der Waals surface area contributed by atoms with E-state index >= 15 is 0 Å². The maximum Gasteiger partial charge on any atom is 0.227 e. The molecule has 24 heavy (non-hydrogen) atoms. The Kier molecular flexibility index (Phi) is 5.26. The van der Waals surface area contributed by atoms with Crippen LogP contribution in [0.25, 0.3) is 0 Å². The average molecular weight is 322 g/mol. The van der Waals surface area contributed by atoms with Crippen molar-refractivity contribution in [3.05, 3.63) is 65.7 Å². The van der Waals surface area contributed by atoms with E-state index in [0.29, 0.717) is 19.4 Å². The van der Waals surface area contributed by atoms with Crippen LogP contribution >= 0.6 is 0 Å². The summed E-state index contributed by atoms with van der Waals surface area (Å²) >= 11 is 0. The van der Waals surface area contributed by atoms with Crippen molar-refractivity contribution in [2.75, 3.05) is 11.4 Å². The molecule has 1 fully saturated rings. The number of amides is 2. The second-order valence-electron chi connectivity index (χ2n) is 6.08. The molecule has 0 atom stereocenters. The highest BCUT2D eigenvalue weighted by Gasteiger charge is 2.21. The maximum absolute atomic E-state index is 11.9. The van der Waals surface area contributed by atoms with Gasteiger partial charge in [0.1, 0.15) is 0 Å². The van der Waals surface area contributed by atoms with Gasteiger partial charge in [-0.1, -0.05) is 42.5 Å². The molecule has 0 radical (unpaired) electrons. The Morgan fingerprint density at radius 3 is 2.42 bits per heavy atom. The third-order valence-corrected chi connectivity index (χ3v) is 4.29. The normalized spacial score (nSPS) is 14.0. The number of anilines is 1. The van der Waals surface area contributed by atoms with Crippen LogP contribution in [0.5, 0.6) is 0 Å². The first kappa shape index (κ1) is 16.2. The van der Waals surface area contributed by atoms with Crippen LogP contribution in [0.15, 0.2) is 54.6 Å². The minimum atomic E-state index is 0.0534. The standard InChI is InChI=1S/C20H22N2O2/c23-19(13-10-16-5-2-1-3-6-16)21-15-17-8-11-18(12-9-17)22-14-4-7-20(22)24/h1-3,5-6,8-9,11-12H,4,7,10,13-15H2,(H,21,23). The SMILES string of the molecule is O=C(CCc1ccccc1)NCc1ccc(N2CCCC2=O)cc1. The topological polar surface area (TPSA) is 49.4 Å². The summed E-state index contributed by atoms with van der Waals surface area (Å²) < 4.78 is 0. The molecule has 0 bridgehead atoms. The van der Waals surface area contributed by atoms with Crippen molar-refractivity contribution >= 4 is 17.5 Å². The summed E-state index contributed by atoms with van der Waals surface area (Å²) in [6.07, 6.45) is 2.81. The first-order chi connectivity index (χ1) is 11.7. The first-order valence-corrected chi connectivity index (χ1v) is 8.42. The van der Waals surface area contributed by atoms with Gasteiger partial charge in [-0.15, -0.1) is 0 Å². The molecule has 0 aliphatic carbocycles. The van der Waals surface area contributed by atoms with Gasteiger partial charge in [0.25, 0.3) is 0 Å². The van der Waals surface area contributed by atoms with Crippen molar-refractivity contribution in [2.24, 2.45) is 0 Å². The highest BCUT2D eigenvalue weighted by molar-refractivity contribution is 5.95. The van der Waals surface area contributed by atoms with Gasteiger partial charge in [-0.3, -0.25) is 9.59 Å². The number of carbonyl (C=O) groups excluding carboxylic acids is 2. The lowest BCUT2D eigenvalue weighted by Crippen LogP contribution is -2.24. The van der Waals surface area contributed by atoms with Crippen molar-refractivity contribution in [1.82, 2.24) is 5.32 Å². The summed E-state index contributed by atoms with van der Waals surface area (Å²) in [4.78, 5) is 25.5. The van der Waals surface area contributed by atoms with E-state index in [4.69, 9.17) is 0 Å². The lowest BCUT2D eigenvalue weighted by Gasteiger charge is -2.16. The smallest absolute Gasteiger partial charge is 0.227 e. The molecule has 0 saturated carbocycles. The van der Waals surface area contributed by atoms with Gasteiger partial charge in [0.2, 0.25) is 11.8 Å². The molecule has 1 saturated heterocycles. The number of rotatable bonds is 6. The molecule has 1 N–H and O–H groups in total. The number of aryl methyl sites for hydroxylation is 1.